The molecule has 0 spiro atoms. The Balaban J connectivity index is 1.50. The van der Waals surface area contributed by atoms with E-state index >= 15 is 0 Å². The van der Waals surface area contributed by atoms with Gasteiger partial charge in [0, 0.05) is 41.5 Å². The Bertz CT molecular complexity index is 1450. The Morgan fingerprint density at radius 3 is 2.59 bits per heavy atom. The summed E-state index contributed by atoms with van der Waals surface area (Å²) in [7, 11) is 1.54. The van der Waals surface area contributed by atoms with E-state index in [4.69, 9.17) is 4.74 Å². The molecule has 1 N–H and O–H groups in total. The lowest BCUT2D eigenvalue weighted by molar-refractivity contribution is -0.157. The van der Waals surface area contributed by atoms with Crippen molar-refractivity contribution in [3.05, 3.63) is 107 Å². The molecule has 1 heterocycles. The molecule has 3 aliphatic carbocycles. The molecule has 2 bridgehead atoms. The lowest BCUT2D eigenvalue weighted by Crippen LogP contribution is -2.60. The first-order valence-corrected chi connectivity index (χ1v) is 12.5. The van der Waals surface area contributed by atoms with Gasteiger partial charge in [0.15, 0.2) is 0 Å². The van der Waals surface area contributed by atoms with Crippen LogP contribution in [0, 0.1) is 17.2 Å². The molecule has 0 aromatic heterocycles. The van der Waals surface area contributed by atoms with E-state index in [1.165, 1.54) is 19.2 Å². The quantitative estimate of drug-likeness (QED) is 0.489. The highest BCUT2D eigenvalue weighted by Crippen LogP contribution is 2.69. The molecule has 0 radical (unpaired) electrons. The van der Waals surface area contributed by atoms with Crippen LogP contribution in [0.25, 0.3) is 5.57 Å². The zero-order chi connectivity index (χ0) is 25.9. The SMILES string of the molecule is C=C(C(=O)N1C[C@H]2[C@@]3(c4cccc(F)c4)CC[C@H](c4ccccc43)[C@@]2(C(=O)O)C1)c1ccccc1OC. The van der Waals surface area contributed by atoms with E-state index in [2.05, 4.69) is 12.6 Å². The van der Waals surface area contributed by atoms with Gasteiger partial charge in [-0.05, 0) is 47.7 Å². The van der Waals surface area contributed by atoms with E-state index in [-0.39, 0.29) is 36.3 Å². The fraction of sp³-hybridized carbons (Fsp3) is 0.290. The fourth-order valence-electron chi connectivity index (χ4n) is 7.58. The maximum atomic E-state index is 14.6. The van der Waals surface area contributed by atoms with Crippen LogP contribution in [0.2, 0.25) is 0 Å². The number of carboxylic acids is 1. The van der Waals surface area contributed by atoms with E-state index in [1.54, 1.807) is 23.1 Å². The van der Waals surface area contributed by atoms with Gasteiger partial charge in [0.2, 0.25) is 0 Å². The van der Waals surface area contributed by atoms with Crippen LogP contribution in [0.4, 0.5) is 4.39 Å². The molecule has 7 rings (SSSR count). The van der Waals surface area contributed by atoms with Gasteiger partial charge >= 0.3 is 5.97 Å². The normalized spacial score (nSPS) is 27.4. The Morgan fingerprint density at radius 2 is 1.84 bits per heavy atom. The van der Waals surface area contributed by atoms with Crippen molar-refractivity contribution in [2.75, 3.05) is 20.2 Å². The van der Waals surface area contributed by atoms with Crippen LogP contribution in [0.1, 0.15) is 41.0 Å². The molecule has 37 heavy (non-hydrogen) atoms. The molecule has 1 aliphatic heterocycles. The van der Waals surface area contributed by atoms with Crippen molar-refractivity contribution in [1.29, 1.82) is 0 Å². The van der Waals surface area contributed by atoms with Gasteiger partial charge in [-0.15, -0.1) is 0 Å². The lowest BCUT2D eigenvalue weighted by Gasteiger charge is -2.59. The summed E-state index contributed by atoms with van der Waals surface area (Å²) in [4.78, 5) is 28.7. The van der Waals surface area contributed by atoms with E-state index < -0.39 is 22.7 Å². The largest absolute Gasteiger partial charge is 0.496 e. The lowest BCUT2D eigenvalue weighted by atomic mass is 9.42. The number of carbonyl (C=O) groups excluding carboxylic acids is 1. The van der Waals surface area contributed by atoms with Gasteiger partial charge in [-0.2, -0.15) is 0 Å². The summed E-state index contributed by atoms with van der Waals surface area (Å²) < 4.78 is 20.0. The van der Waals surface area contributed by atoms with E-state index in [0.29, 0.717) is 24.2 Å². The number of aliphatic carboxylic acids is 1. The van der Waals surface area contributed by atoms with Crippen molar-refractivity contribution in [1.82, 2.24) is 4.90 Å². The summed E-state index contributed by atoms with van der Waals surface area (Å²) >= 11 is 0. The van der Waals surface area contributed by atoms with Crippen LogP contribution in [-0.4, -0.2) is 42.1 Å². The Labute approximate surface area is 215 Å². The number of amides is 1. The standard InChI is InChI=1S/C31H28FNO4/c1-19(22-10-4-6-13-26(22)37-2)28(34)33-17-27-30(20-8-7-9-21(32)16-20)15-14-25(31(27,18-33)29(35)36)23-11-3-5-12-24(23)30/h3-13,16,25,27H,1,14-15,17-18H2,2H3,(H,35,36)/t25-,27+,30-,31+/m1/s1. The Hall–Kier alpha value is -3.93. The van der Waals surface area contributed by atoms with Gasteiger partial charge in [0.25, 0.3) is 5.91 Å². The summed E-state index contributed by atoms with van der Waals surface area (Å²) in [6.07, 6.45) is 1.36. The number of benzene rings is 3. The van der Waals surface area contributed by atoms with Gasteiger partial charge in [0.05, 0.1) is 12.5 Å². The average molecular weight is 498 g/mol. The number of hydrogen-bond acceptors (Lipinski definition) is 3. The van der Waals surface area contributed by atoms with Gasteiger partial charge in [-0.3, -0.25) is 9.59 Å². The maximum Gasteiger partial charge on any atom is 0.312 e. The third-order valence-corrected chi connectivity index (χ3v) is 9.05. The van der Waals surface area contributed by atoms with Crippen molar-refractivity contribution in [2.24, 2.45) is 11.3 Å². The van der Waals surface area contributed by atoms with Crippen LogP contribution >= 0.6 is 0 Å². The summed E-state index contributed by atoms with van der Waals surface area (Å²) in [5.41, 5.74) is 1.77. The van der Waals surface area contributed by atoms with Gasteiger partial charge in [0.1, 0.15) is 11.6 Å². The average Bonchev–Trinajstić information content (AvgIpc) is 3.36. The summed E-state index contributed by atoms with van der Waals surface area (Å²) in [6, 6.07) is 21.7. The van der Waals surface area contributed by atoms with Crippen LogP contribution in [0.3, 0.4) is 0 Å². The number of fused-ring (bicyclic) bond motifs is 1. The van der Waals surface area contributed by atoms with Crippen molar-refractivity contribution < 1.29 is 23.8 Å². The second-order valence-electron chi connectivity index (χ2n) is 10.4. The van der Waals surface area contributed by atoms with Crippen molar-refractivity contribution in [2.45, 2.75) is 24.2 Å². The third-order valence-electron chi connectivity index (χ3n) is 9.05. The number of rotatable bonds is 5. The van der Waals surface area contributed by atoms with Crippen LogP contribution in [-0.2, 0) is 15.0 Å². The zero-order valence-corrected chi connectivity index (χ0v) is 20.6. The van der Waals surface area contributed by atoms with Crippen LogP contribution < -0.4 is 4.74 Å². The van der Waals surface area contributed by atoms with Gasteiger partial charge < -0.3 is 14.7 Å². The highest BCUT2D eigenvalue weighted by Gasteiger charge is 2.70. The molecule has 1 saturated heterocycles. The summed E-state index contributed by atoms with van der Waals surface area (Å²) in [5.74, 6) is -1.68. The van der Waals surface area contributed by atoms with Crippen LogP contribution in [0.5, 0.6) is 5.75 Å². The predicted octanol–water partition coefficient (Wildman–Crippen LogP) is 5.25. The highest BCUT2D eigenvalue weighted by atomic mass is 19.1. The first kappa shape index (κ1) is 23.5. The molecule has 3 aromatic rings. The molecule has 3 aromatic carbocycles. The van der Waals surface area contributed by atoms with Crippen LogP contribution in [0.15, 0.2) is 79.4 Å². The van der Waals surface area contributed by atoms with Crippen molar-refractivity contribution in [3.8, 4) is 5.75 Å². The smallest absolute Gasteiger partial charge is 0.312 e. The van der Waals surface area contributed by atoms with Gasteiger partial charge in [-0.1, -0.05) is 61.2 Å². The molecular formula is C31H28FNO4. The number of carbonyl (C=O) groups is 2. The molecule has 2 fully saturated rings. The number of halogens is 1. The highest BCUT2D eigenvalue weighted by molar-refractivity contribution is 6.19. The van der Waals surface area contributed by atoms with E-state index in [1.807, 2.05) is 36.4 Å². The molecule has 0 unspecified atom stereocenters. The Kier molecular flexibility index (Phi) is 5.26. The molecule has 1 saturated carbocycles. The monoisotopic (exact) mass is 497 g/mol. The van der Waals surface area contributed by atoms with Crippen molar-refractivity contribution in [3.63, 3.8) is 0 Å². The minimum Gasteiger partial charge on any atom is -0.496 e. The molecule has 4 atom stereocenters. The topological polar surface area (TPSA) is 66.8 Å². The number of para-hydroxylation sites is 1. The number of likely N-dealkylation sites (tertiary alicyclic amines) is 1. The zero-order valence-electron chi connectivity index (χ0n) is 20.6. The molecule has 188 valence electrons. The third kappa shape index (κ3) is 3.08. The molecule has 6 heteroatoms. The van der Waals surface area contributed by atoms with E-state index in [9.17, 15) is 19.1 Å². The minimum absolute atomic E-state index is 0.0794. The Morgan fingerprint density at radius 1 is 1.08 bits per heavy atom. The number of carboxylic acid groups (broad SMARTS) is 1. The first-order valence-electron chi connectivity index (χ1n) is 12.5. The molecule has 1 amide bonds. The number of nitrogens with zero attached hydrogens (tertiary/aromatic N) is 1. The van der Waals surface area contributed by atoms with E-state index in [0.717, 1.165) is 16.7 Å². The predicted molar refractivity (Wildman–Crippen MR) is 138 cm³/mol. The summed E-state index contributed by atoms with van der Waals surface area (Å²) in [6.45, 7) is 4.41. The van der Waals surface area contributed by atoms with Crippen molar-refractivity contribution >= 4 is 17.4 Å². The second-order valence-corrected chi connectivity index (χ2v) is 10.4. The first-order chi connectivity index (χ1) is 17.8. The molecule has 5 nitrogen and oxygen atoms in total. The molecule has 4 aliphatic rings. The minimum atomic E-state index is -1.18. The summed E-state index contributed by atoms with van der Waals surface area (Å²) in [5, 5.41) is 10.8. The maximum absolute atomic E-state index is 14.6. The fourth-order valence-corrected chi connectivity index (χ4v) is 7.58. The number of methoxy groups -OCH3 is 1. The molecular weight excluding hydrogens is 469 g/mol. The number of hydrogen-bond donors (Lipinski definition) is 1. The second kappa shape index (κ2) is 8.30. The number of ether oxygens (including phenoxy) is 1. The van der Waals surface area contributed by atoms with Gasteiger partial charge in [-0.25, -0.2) is 4.39 Å².